The topological polar surface area (TPSA) is 78.3 Å². The lowest BCUT2D eigenvalue weighted by Gasteiger charge is -2.05. The standard InChI is InChI=1S/C15H11F3N2O2/c16-10-5-8(6-11(17)15(10)18)1-4-14(21)22-13-3-2-9(19)7-12(13)20/h1-7H,19-20H2/b4-1+. The Labute approximate surface area is 123 Å². The zero-order valence-electron chi connectivity index (χ0n) is 11.1. The molecule has 0 atom stereocenters. The van der Waals surface area contributed by atoms with Gasteiger partial charge < -0.3 is 16.2 Å². The molecule has 2 aromatic carbocycles. The number of nitrogen functional groups attached to an aromatic ring is 2. The summed E-state index contributed by atoms with van der Waals surface area (Å²) in [7, 11) is 0. The van der Waals surface area contributed by atoms with Crippen LogP contribution in [0, 0.1) is 17.5 Å². The highest BCUT2D eigenvalue weighted by Gasteiger charge is 2.10. The third kappa shape index (κ3) is 3.57. The van der Waals surface area contributed by atoms with E-state index in [0.29, 0.717) is 5.69 Å². The maximum absolute atomic E-state index is 13.0. The fourth-order valence-corrected chi connectivity index (χ4v) is 1.64. The van der Waals surface area contributed by atoms with Crippen molar-refractivity contribution in [2.75, 3.05) is 11.5 Å². The number of anilines is 2. The Hall–Kier alpha value is -2.96. The fourth-order valence-electron chi connectivity index (χ4n) is 1.64. The van der Waals surface area contributed by atoms with Gasteiger partial charge in [-0.1, -0.05) is 0 Å². The first-order valence-electron chi connectivity index (χ1n) is 6.06. The molecule has 2 rings (SSSR count). The molecule has 2 aromatic rings. The highest BCUT2D eigenvalue weighted by Crippen LogP contribution is 2.23. The average molecular weight is 308 g/mol. The molecule has 0 aliphatic carbocycles. The fraction of sp³-hybridized carbons (Fsp3) is 0. The first-order chi connectivity index (χ1) is 10.4. The van der Waals surface area contributed by atoms with E-state index in [1.165, 1.54) is 18.2 Å². The van der Waals surface area contributed by atoms with Crippen molar-refractivity contribution in [2.24, 2.45) is 0 Å². The second-order valence-corrected chi connectivity index (χ2v) is 4.35. The predicted molar refractivity (Wildman–Crippen MR) is 76.3 cm³/mol. The van der Waals surface area contributed by atoms with Gasteiger partial charge in [0, 0.05) is 11.8 Å². The van der Waals surface area contributed by atoms with Crippen LogP contribution in [0.1, 0.15) is 5.56 Å². The van der Waals surface area contributed by atoms with Crippen molar-refractivity contribution in [3.05, 3.63) is 59.4 Å². The van der Waals surface area contributed by atoms with E-state index in [9.17, 15) is 18.0 Å². The maximum atomic E-state index is 13.0. The summed E-state index contributed by atoms with van der Waals surface area (Å²) in [5.74, 6) is -5.00. The van der Waals surface area contributed by atoms with Crippen LogP contribution in [0.4, 0.5) is 24.5 Å². The lowest BCUT2D eigenvalue weighted by Crippen LogP contribution is -2.06. The molecule has 0 saturated carbocycles. The van der Waals surface area contributed by atoms with Gasteiger partial charge in [-0.2, -0.15) is 0 Å². The van der Waals surface area contributed by atoms with E-state index in [2.05, 4.69) is 0 Å². The van der Waals surface area contributed by atoms with Crippen molar-refractivity contribution < 1.29 is 22.7 Å². The molecule has 0 fully saturated rings. The minimum atomic E-state index is -1.57. The van der Waals surface area contributed by atoms with Gasteiger partial charge in [0.1, 0.15) is 0 Å². The van der Waals surface area contributed by atoms with Gasteiger partial charge in [-0.15, -0.1) is 0 Å². The number of hydrogen-bond acceptors (Lipinski definition) is 4. The predicted octanol–water partition coefficient (Wildman–Crippen LogP) is 2.89. The SMILES string of the molecule is Nc1ccc(OC(=O)/C=C/c2cc(F)c(F)c(F)c2)c(N)c1. The summed E-state index contributed by atoms with van der Waals surface area (Å²) >= 11 is 0. The van der Waals surface area contributed by atoms with Gasteiger partial charge >= 0.3 is 5.97 Å². The lowest BCUT2D eigenvalue weighted by molar-refractivity contribution is -0.128. The number of esters is 1. The number of hydrogen-bond donors (Lipinski definition) is 2. The Balaban J connectivity index is 2.11. The Morgan fingerprint density at radius 2 is 1.68 bits per heavy atom. The number of nitrogens with two attached hydrogens (primary N) is 2. The van der Waals surface area contributed by atoms with Gasteiger partial charge in [-0.05, 0) is 42.0 Å². The van der Waals surface area contributed by atoms with Gasteiger partial charge in [0.05, 0.1) is 5.69 Å². The molecule has 0 bridgehead atoms. The van der Waals surface area contributed by atoms with E-state index in [-0.39, 0.29) is 17.0 Å². The van der Waals surface area contributed by atoms with Crippen LogP contribution in [0.25, 0.3) is 6.08 Å². The van der Waals surface area contributed by atoms with E-state index < -0.39 is 23.4 Å². The largest absolute Gasteiger partial charge is 0.421 e. The van der Waals surface area contributed by atoms with E-state index in [0.717, 1.165) is 24.3 Å². The first-order valence-corrected chi connectivity index (χ1v) is 6.06. The molecule has 0 aliphatic rings. The summed E-state index contributed by atoms with van der Waals surface area (Å²) in [5.41, 5.74) is 11.7. The van der Waals surface area contributed by atoms with E-state index >= 15 is 0 Å². The van der Waals surface area contributed by atoms with Crippen molar-refractivity contribution in [2.45, 2.75) is 0 Å². The zero-order chi connectivity index (χ0) is 16.3. The number of ether oxygens (including phenoxy) is 1. The molecule has 7 heteroatoms. The summed E-state index contributed by atoms with van der Waals surface area (Å²) in [4.78, 5) is 11.6. The monoisotopic (exact) mass is 308 g/mol. The van der Waals surface area contributed by atoms with E-state index in [4.69, 9.17) is 16.2 Å². The highest BCUT2D eigenvalue weighted by molar-refractivity contribution is 5.89. The second-order valence-electron chi connectivity index (χ2n) is 4.35. The number of halogens is 3. The summed E-state index contributed by atoms with van der Waals surface area (Å²) < 4.78 is 43.7. The van der Waals surface area contributed by atoms with Gasteiger partial charge in [0.2, 0.25) is 0 Å². The summed E-state index contributed by atoms with van der Waals surface area (Å²) in [6, 6.07) is 5.82. The third-order valence-corrected chi connectivity index (χ3v) is 2.66. The van der Waals surface area contributed by atoms with Gasteiger partial charge in [0.25, 0.3) is 0 Å². The van der Waals surface area contributed by atoms with Crippen LogP contribution in [0.5, 0.6) is 5.75 Å². The number of carbonyl (C=O) groups excluding carboxylic acids is 1. The Kier molecular flexibility index (Phi) is 4.36. The maximum Gasteiger partial charge on any atom is 0.336 e. The average Bonchev–Trinajstić information content (AvgIpc) is 2.45. The Bertz CT molecular complexity index is 737. The van der Waals surface area contributed by atoms with Crippen LogP contribution in [-0.4, -0.2) is 5.97 Å². The number of rotatable bonds is 3. The van der Waals surface area contributed by atoms with Crippen LogP contribution in [0.2, 0.25) is 0 Å². The van der Waals surface area contributed by atoms with Crippen molar-refractivity contribution in [3.8, 4) is 5.75 Å². The molecule has 0 aromatic heterocycles. The smallest absolute Gasteiger partial charge is 0.336 e. The molecule has 114 valence electrons. The third-order valence-electron chi connectivity index (χ3n) is 2.66. The normalized spacial score (nSPS) is 10.9. The number of benzene rings is 2. The Morgan fingerprint density at radius 1 is 1.05 bits per heavy atom. The van der Waals surface area contributed by atoms with Crippen molar-refractivity contribution in [3.63, 3.8) is 0 Å². The van der Waals surface area contributed by atoms with Crippen molar-refractivity contribution in [1.29, 1.82) is 0 Å². The van der Waals surface area contributed by atoms with Crippen molar-refractivity contribution >= 4 is 23.4 Å². The molecule has 4 N–H and O–H groups in total. The van der Waals surface area contributed by atoms with Crippen LogP contribution in [-0.2, 0) is 4.79 Å². The van der Waals surface area contributed by atoms with Crippen molar-refractivity contribution in [1.82, 2.24) is 0 Å². The molecule has 0 heterocycles. The molecule has 0 amide bonds. The van der Waals surface area contributed by atoms with Crippen LogP contribution in [0.15, 0.2) is 36.4 Å². The highest BCUT2D eigenvalue weighted by atomic mass is 19.2. The van der Waals surface area contributed by atoms with Gasteiger partial charge in [-0.25, -0.2) is 18.0 Å². The zero-order valence-corrected chi connectivity index (χ0v) is 11.1. The summed E-state index contributed by atoms with van der Waals surface area (Å²) in [6.07, 6.45) is 2.02. The lowest BCUT2D eigenvalue weighted by atomic mass is 10.2. The molecule has 0 unspecified atom stereocenters. The van der Waals surface area contributed by atoms with Gasteiger partial charge in [-0.3, -0.25) is 0 Å². The van der Waals surface area contributed by atoms with Gasteiger partial charge in [0.15, 0.2) is 23.2 Å². The molecule has 0 radical (unpaired) electrons. The van der Waals surface area contributed by atoms with Crippen LogP contribution < -0.4 is 16.2 Å². The molecule has 0 aliphatic heterocycles. The molecule has 0 saturated heterocycles. The molecular weight excluding hydrogens is 297 g/mol. The molecule has 22 heavy (non-hydrogen) atoms. The quantitative estimate of drug-likeness (QED) is 0.300. The summed E-state index contributed by atoms with van der Waals surface area (Å²) in [5, 5.41) is 0. The Morgan fingerprint density at radius 3 is 2.27 bits per heavy atom. The van der Waals surface area contributed by atoms with E-state index in [1.54, 1.807) is 0 Å². The number of carbonyl (C=O) groups is 1. The minimum Gasteiger partial charge on any atom is -0.421 e. The van der Waals surface area contributed by atoms with E-state index in [1.807, 2.05) is 0 Å². The van der Waals surface area contributed by atoms with Crippen LogP contribution in [0.3, 0.4) is 0 Å². The first kappa shape index (κ1) is 15.4. The summed E-state index contributed by atoms with van der Waals surface area (Å²) in [6.45, 7) is 0. The van der Waals surface area contributed by atoms with Crippen LogP contribution >= 0.6 is 0 Å². The second kappa shape index (κ2) is 6.21. The molecule has 0 spiro atoms. The molecule has 4 nitrogen and oxygen atoms in total. The minimum absolute atomic E-state index is 0.0290. The molecular formula is C15H11F3N2O2.